The van der Waals surface area contributed by atoms with Gasteiger partial charge < -0.3 is 19.5 Å². The Morgan fingerprint density at radius 2 is 1.19 bits per heavy atom. The Morgan fingerprint density at radius 1 is 0.730 bits per heavy atom. The number of ether oxygens (including phenoxy) is 3. The van der Waals surface area contributed by atoms with Crippen LogP contribution in [0.5, 0.6) is 0 Å². The number of nitrogens with one attached hydrogen (secondary N) is 1. The normalized spacial score (nSPS) is 11.9. The highest BCUT2D eigenvalue weighted by molar-refractivity contribution is 5.96. The maximum atomic E-state index is 13.4. The fourth-order valence-corrected chi connectivity index (χ4v) is 3.72. The molecule has 0 unspecified atom stereocenters. The summed E-state index contributed by atoms with van der Waals surface area (Å²) in [4.78, 5) is 39.7. The third-order valence-corrected chi connectivity index (χ3v) is 5.48. The average molecular weight is 504 g/mol. The van der Waals surface area contributed by atoms with Crippen LogP contribution in [-0.2, 0) is 37.0 Å². The van der Waals surface area contributed by atoms with Gasteiger partial charge in [-0.05, 0) is 49.9 Å². The molecule has 0 bridgehead atoms. The summed E-state index contributed by atoms with van der Waals surface area (Å²) in [5.74, 6) is -3.10. The molecule has 0 heterocycles. The highest BCUT2D eigenvalue weighted by Gasteiger charge is 2.41. The second kappa shape index (κ2) is 12.7. The van der Waals surface area contributed by atoms with Gasteiger partial charge in [0, 0.05) is 0 Å². The van der Waals surface area contributed by atoms with Crippen molar-refractivity contribution >= 4 is 18.0 Å². The van der Waals surface area contributed by atoms with Gasteiger partial charge in [-0.2, -0.15) is 0 Å². The van der Waals surface area contributed by atoms with Crippen LogP contribution in [0.3, 0.4) is 0 Å². The van der Waals surface area contributed by atoms with Crippen molar-refractivity contribution < 1.29 is 28.6 Å². The number of aryl methyl sites for hydroxylation is 1. The molecule has 37 heavy (non-hydrogen) atoms. The first-order valence-electron chi connectivity index (χ1n) is 12.1. The van der Waals surface area contributed by atoms with E-state index >= 15 is 0 Å². The summed E-state index contributed by atoms with van der Waals surface area (Å²) >= 11 is 0. The standard InChI is InChI=1S/C30H33NO6/c1-21-13-11-12-18-24(21)26(31-29(34)37-30(2,3)4)25(27(32)35-19-22-14-7-5-8-15-22)28(33)36-20-23-16-9-6-10-17-23/h5-18,25-26H,19-20H2,1-4H3,(H,31,34)/t26-/m1/s1. The molecule has 0 aliphatic rings. The zero-order valence-electron chi connectivity index (χ0n) is 21.6. The SMILES string of the molecule is Cc1ccccc1[C@@H](NC(=O)OC(C)(C)C)C(C(=O)OCc1ccccc1)C(=O)OCc1ccccc1. The molecule has 0 saturated carbocycles. The number of esters is 2. The van der Waals surface area contributed by atoms with Crippen molar-refractivity contribution in [3.8, 4) is 0 Å². The van der Waals surface area contributed by atoms with Crippen LogP contribution in [0.15, 0.2) is 84.9 Å². The predicted molar refractivity (Wildman–Crippen MR) is 139 cm³/mol. The van der Waals surface area contributed by atoms with Crippen molar-refractivity contribution in [3.05, 3.63) is 107 Å². The Bertz CT molecular complexity index is 1130. The summed E-state index contributed by atoms with van der Waals surface area (Å²) in [6.45, 7) is 6.96. The van der Waals surface area contributed by atoms with E-state index in [9.17, 15) is 14.4 Å². The van der Waals surface area contributed by atoms with Crippen molar-refractivity contribution in [2.45, 2.75) is 52.6 Å². The Labute approximate surface area is 217 Å². The van der Waals surface area contributed by atoms with Gasteiger partial charge in [0.15, 0.2) is 5.92 Å². The summed E-state index contributed by atoms with van der Waals surface area (Å²) in [5.41, 5.74) is 2.10. The Balaban J connectivity index is 1.93. The zero-order valence-corrected chi connectivity index (χ0v) is 21.6. The van der Waals surface area contributed by atoms with Crippen LogP contribution >= 0.6 is 0 Å². The Morgan fingerprint density at radius 3 is 1.65 bits per heavy atom. The molecule has 1 N–H and O–H groups in total. The second-order valence-corrected chi connectivity index (χ2v) is 9.64. The number of alkyl carbamates (subject to hydrolysis) is 1. The van der Waals surface area contributed by atoms with Gasteiger partial charge in [0.1, 0.15) is 18.8 Å². The topological polar surface area (TPSA) is 90.9 Å². The Hall–Kier alpha value is -4.13. The molecule has 7 nitrogen and oxygen atoms in total. The molecular weight excluding hydrogens is 470 g/mol. The molecule has 0 fully saturated rings. The molecule has 0 spiro atoms. The van der Waals surface area contributed by atoms with Crippen LogP contribution in [0.2, 0.25) is 0 Å². The van der Waals surface area contributed by atoms with E-state index in [-0.39, 0.29) is 13.2 Å². The van der Waals surface area contributed by atoms with Crippen LogP contribution in [0.1, 0.15) is 49.1 Å². The molecule has 1 amide bonds. The molecule has 0 aromatic heterocycles. The number of rotatable bonds is 9. The maximum Gasteiger partial charge on any atom is 0.408 e. The number of benzene rings is 3. The highest BCUT2D eigenvalue weighted by atomic mass is 16.6. The monoisotopic (exact) mass is 503 g/mol. The quantitative estimate of drug-likeness (QED) is 0.230. The number of hydrogen-bond acceptors (Lipinski definition) is 6. The summed E-state index contributed by atoms with van der Waals surface area (Å²) in [6.07, 6.45) is -0.766. The molecule has 0 radical (unpaired) electrons. The molecule has 3 aromatic rings. The van der Waals surface area contributed by atoms with Gasteiger partial charge in [0.05, 0.1) is 6.04 Å². The van der Waals surface area contributed by atoms with Crippen molar-refractivity contribution in [2.24, 2.45) is 5.92 Å². The lowest BCUT2D eigenvalue weighted by molar-refractivity contribution is -0.165. The smallest absolute Gasteiger partial charge is 0.408 e. The van der Waals surface area contributed by atoms with E-state index < -0.39 is 35.6 Å². The van der Waals surface area contributed by atoms with Gasteiger partial charge in [-0.1, -0.05) is 84.9 Å². The summed E-state index contributed by atoms with van der Waals surface area (Å²) in [6, 6.07) is 24.4. The number of carbonyl (C=O) groups excluding carboxylic acids is 3. The lowest BCUT2D eigenvalue weighted by Crippen LogP contribution is -2.44. The summed E-state index contributed by atoms with van der Waals surface area (Å²) < 4.78 is 16.6. The van der Waals surface area contributed by atoms with E-state index in [1.165, 1.54) is 0 Å². The minimum absolute atomic E-state index is 0.0327. The predicted octanol–water partition coefficient (Wildman–Crippen LogP) is 5.66. The Kier molecular flexibility index (Phi) is 9.44. The summed E-state index contributed by atoms with van der Waals surface area (Å²) in [7, 11) is 0. The van der Waals surface area contributed by atoms with E-state index in [4.69, 9.17) is 14.2 Å². The first-order valence-corrected chi connectivity index (χ1v) is 12.1. The van der Waals surface area contributed by atoms with Gasteiger partial charge >= 0.3 is 18.0 Å². The lowest BCUT2D eigenvalue weighted by Gasteiger charge is -2.28. The van der Waals surface area contributed by atoms with Gasteiger partial charge in [0.2, 0.25) is 0 Å². The molecule has 1 atom stereocenters. The molecule has 7 heteroatoms. The number of hydrogen-bond donors (Lipinski definition) is 1. The number of carbonyl (C=O) groups is 3. The van der Waals surface area contributed by atoms with E-state index in [0.29, 0.717) is 5.56 Å². The molecule has 3 aromatic carbocycles. The third kappa shape index (κ3) is 8.49. The fraction of sp³-hybridized carbons (Fsp3) is 0.300. The molecule has 194 valence electrons. The van der Waals surface area contributed by atoms with Gasteiger partial charge in [-0.25, -0.2) is 4.79 Å². The average Bonchev–Trinajstić information content (AvgIpc) is 2.86. The minimum atomic E-state index is -1.47. The third-order valence-electron chi connectivity index (χ3n) is 5.48. The number of amides is 1. The molecule has 0 saturated heterocycles. The van der Waals surface area contributed by atoms with E-state index in [0.717, 1.165) is 16.7 Å². The fourth-order valence-electron chi connectivity index (χ4n) is 3.72. The van der Waals surface area contributed by atoms with E-state index in [1.54, 1.807) is 32.9 Å². The van der Waals surface area contributed by atoms with Crippen molar-refractivity contribution in [3.63, 3.8) is 0 Å². The van der Waals surface area contributed by atoms with Crippen LogP contribution < -0.4 is 5.32 Å². The summed E-state index contributed by atoms with van der Waals surface area (Å²) in [5, 5.41) is 2.73. The minimum Gasteiger partial charge on any atom is -0.460 e. The van der Waals surface area contributed by atoms with Crippen molar-refractivity contribution in [1.29, 1.82) is 0 Å². The van der Waals surface area contributed by atoms with Crippen LogP contribution in [0.25, 0.3) is 0 Å². The van der Waals surface area contributed by atoms with Crippen molar-refractivity contribution in [1.82, 2.24) is 5.32 Å². The zero-order chi connectivity index (χ0) is 26.8. The first kappa shape index (κ1) is 27.5. The maximum absolute atomic E-state index is 13.4. The molecule has 0 aliphatic carbocycles. The molecule has 3 rings (SSSR count). The largest absolute Gasteiger partial charge is 0.460 e. The van der Waals surface area contributed by atoms with Crippen LogP contribution in [0, 0.1) is 12.8 Å². The van der Waals surface area contributed by atoms with Crippen molar-refractivity contribution in [2.75, 3.05) is 0 Å². The molecular formula is C30H33NO6. The second-order valence-electron chi connectivity index (χ2n) is 9.64. The van der Waals surface area contributed by atoms with Crippen LogP contribution in [0.4, 0.5) is 4.79 Å². The van der Waals surface area contributed by atoms with Gasteiger partial charge in [-0.15, -0.1) is 0 Å². The van der Waals surface area contributed by atoms with Gasteiger partial charge in [-0.3, -0.25) is 9.59 Å². The highest BCUT2D eigenvalue weighted by Crippen LogP contribution is 2.29. The first-order chi connectivity index (χ1) is 17.6. The van der Waals surface area contributed by atoms with E-state index in [1.807, 2.05) is 79.7 Å². The van der Waals surface area contributed by atoms with Gasteiger partial charge in [0.25, 0.3) is 0 Å². The van der Waals surface area contributed by atoms with E-state index in [2.05, 4.69) is 5.32 Å². The lowest BCUT2D eigenvalue weighted by atomic mass is 9.90. The molecule has 0 aliphatic heterocycles. The van der Waals surface area contributed by atoms with Crippen LogP contribution in [-0.4, -0.2) is 23.6 Å².